The number of aromatic nitrogens is 1. The number of hydrogen-bond acceptors (Lipinski definition) is 3. The number of rotatable bonds is 0. The second-order valence-electron chi connectivity index (χ2n) is 7.50. The molecule has 1 aromatic carbocycles. The minimum absolute atomic E-state index is 0.160. The quantitative estimate of drug-likeness (QED) is 0.733. The van der Waals surface area contributed by atoms with Crippen molar-refractivity contribution >= 4 is 10.9 Å². The summed E-state index contributed by atoms with van der Waals surface area (Å²) in [5.41, 5.74) is 5.41. The molecule has 4 heteroatoms. The fraction of sp³-hybridized carbons (Fsp3) is 0.500. The first kappa shape index (κ1) is 14.7. The Kier molecular flexibility index (Phi) is 3.18. The number of allylic oxidation sites excluding steroid dienone is 1. The van der Waals surface area contributed by atoms with Crippen LogP contribution in [0.2, 0.25) is 0 Å². The van der Waals surface area contributed by atoms with Crippen molar-refractivity contribution in [2.45, 2.75) is 38.1 Å². The highest BCUT2D eigenvalue weighted by Gasteiger charge is 2.51. The number of aliphatic hydroxyl groups is 1. The van der Waals surface area contributed by atoms with E-state index >= 15 is 0 Å². The topological polar surface area (TPSA) is 48.5 Å². The molecule has 0 spiro atoms. The summed E-state index contributed by atoms with van der Waals surface area (Å²) in [6, 6.07) is 9.31. The molecule has 0 aliphatic carbocycles. The lowest BCUT2D eigenvalue weighted by Crippen LogP contribution is -2.58. The molecule has 0 amide bonds. The summed E-state index contributed by atoms with van der Waals surface area (Å²) in [6.07, 6.45) is 3.57. The molecule has 2 N–H and O–H groups in total. The van der Waals surface area contributed by atoms with Gasteiger partial charge in [0.25, 0.3) is 0 Å². The Balaban J connectivity index is 1.66. The number of nitrogens with one attached hydrogen (secondary N) is 1. The molecule has 1 aromatic heterocycles. The van der Waals surface area contributed by atoms with Crippen LogP contribution in [0.1, 0.15) is 30.6 Å². The third kappa shape index (κ3) is 1.85. The van der Waals surface area contributed by atoms with Crippen LogP contribution in [0.5, 0.6) is 0 Å². The van der Waals surface area contributed by atoms with Crippen LogP contribution in [-0.2, 0) is 11.2 Å². The fourth-order valence-corrected chi connectivity index (χ4v) is 5.36. The summed E-state index contributed by atoms with van der Waals surface area (Å²) in [6.45, 7) is 2.66. The minimum Gasteiger partial charge on any atom is -0.368 e. The van der Waals surface area contributed by atoms with Gasteiger partial charge in [-0.15, -0.1) is 0 Å². The molecule has 4 nitrogen and oxygen atoms in total. The van der Waals surface area contributed by atoms with Gasteiger partial charge in [0, 0.05) is 28.6 Å². The lowest BCUT2D eigenvalue weighted by Gasteiger charge is -2.54. The summed E-state index contributed by atoms with van der Waals surface area (Å²) in [5, 5.41) is 11.9. The van der Waals surface area contributed by atoms with Gasteiger partial charge in [-0.1, -0.05) is 24.3 Å². The summed E-state index contributed by atoms with van der Waals surface area (Å²) < 4.78 is 5.70. The van der Waals surface area contributed by atoms with Gasteiger partial charge < -0.3 is 14.8 Å². The SMILES string of the molecule is CC=C1COC(O)C2C1CC1c3[nH]c4ccccc4c3CC2N1C. The predicted octanol–water partition coefficient (Wildman–Crippen LogP) is 3.00. The third-order valence-electron chi connectivity index (χ3n) is 6.59. The first-order valence-electron chi connectivity index (χ1n) is 8.95. The van der Waals surface area contributed by atoms with Gasteiger partial charge in [0.15, 0.2) is 6.29 Å². The molecule has 2 saturated heterocycles. The Labute approximate surface area is 142 Å². The highest BCUT2D eigenvalue weighted by molar-refractivity contribution is 5.85. The van der Waals surface area contributed by atoms with E-state index in [0.29, 0.717) is 24.6 Å². The van der Waals surface area contributed by atoms with Crippen molar-refractivity contribution in [3.63, 3.8) is 0 Å². The molecular formula is C20H24N2O2. The monoisotopic (exact) mass is 324 g/mol. The maximum absolute atomic E-state index is 10.6. The molecule has 2 bridgehead atoms. The van der Waals surface area contributed by atoms with E-state index in [-0.39, 0.29) is 5.92 Å². The van der Waals surface area contributed by atoms with Gasteiger partial charge >= 0.3 is 0 Å². The van der Waals surface area contributed by atoms with Gasteiger partial charge in [-0.2, -0.15) is 0 Å². The highest BCUT2D eigenvalue weighted by atomic mass is 16.6. The number of para-hydroxylation sites is 1. The zero-order valence-electron chi connectivity index (χ0n) is 14.2. The van der Waals surface area contributed by atoms with E-state index in [1.807, 2.05) is 0 Å². The van der Waals surface area contributed by atoms with Crippen LogP contribution in [0, 0.1) is 11.8 Å². The normalized spacial score (nSPS) is 37.5. The average molecular weight is 324 g/mol. The van der Waals surface area contributed by atoms with Crippen LogP contribution in [0.15, 0.2) is 35.9 Å². The zero-order valence-corrected chi connectivity index (χ0v) is 14.2. The van der Waals surface area contributed by atoms with Crippen molar-refractivity contribution in [3.8, 4) is 0 Å². The fourth-order valence-electron chi connectivity index (χ4n) is 5.36. The van der Waals surface area contributed by atoms with Crippen LogP contribution in [-0.4, -0.2) is 41.0 Å². The van der Waals surface area contributed by atoms with Gasteiger partial charge in [-0.25, -0.2) is 0 Å². The first-order valence-corrected chi connectivity index (χ1v) is 8.95. The number of fused-ring (bicyclic) bond motifs is 8. The number of piperidine rings is 1. The molecular weight excluding hydrogens is 300 g/mol. The van der Waals surface area contributed by atoms with Crippen molar-refractivity contribution in [2.75, 3.05) is 13.7 Å². The van der Waals surface area contributed by atoms with E-state index in [1.54, 1.807) is 0 Å². The molecule has 0 saturated carbocycles. The molecule has 4 heterocycles. The van der Waals surface area contributed by atoms with Crippen molar-refractivity contribution in [2.24, 2.45) is 11.8 Å². The van der Waals surface area contributed by atoms with Crippen LogP contribution in [0.3, 0.4) is 0 Å². The number of hydrogen-bond donors (Lipinski definition) is 2. The smallest absolute Gasteiger partial charge is 0.159 e. The second kappa shape index (κ2) is 5.19. The molecule has 3 aliphatic heterocycles. The van der Waals surface area contributed by atoms with Gasteiger partial charge in [0.05, 0.1) is 12.6 Å². The number of nitrogens with zero attached hydrogens (tertiary/aromatic N) is 1. The Morgan fingerprint density at radius 2 is 2.17 bits per heavy atom. The molecule has 126 valence electrons. The molecule has 2 aromatic rings. The average Bonchev–Trinajstić information content (AvgIpc) is 2.94. The minimum atomic E-state index is -0.654. The molecule has 24 heavy (non-hydrogen) atoms. The Morgan fingerprint density at radius 1 is 1.33 bits per heavy atom. The van der Waals surface area contributed by atoms with Crippen molar-refractivity contribution in [1.29, 1.82) is 0 Å². The standard InChI is InChI=1S/C20H24N2O2/c1-3-11-10-24-20(23)18-13(11)8-17-19-14(9-16(18)22(17)2)12-6-4-5-7-15(12)21-19/h3-7,13,16-18,20-21,23H,8-10H2,1-2H3. The largest absolute Gasteiger partial charge is 0.368 e. The van der Waals surface area contributed by atoms with Gasteiger partial charge in [-0.3, -0.25) is 4.90 Å². The lowest BCUT2D eigenvalue weighted by molar-refractivity contribution is -0.194. The van der Waals surface area contributed by atoms with Gasteiger partial charge in [0.1, 0.15) is 0 Å². The summed E-state index contributed by atoms with van der Waals surface area (Å²) in [4.78, 5) is 6.15. The van der Waals surface area contributed by atoms with Crippen molar-refractivity contribution in [3.05, 3.63) is 47.2 Å². The lowest BCUT2D eigenvalue weighted by atomic mass is 9.67. The maximum Gasteiger partial charge on any atom is 0.159 e. The van der Waals surface area contributed by atoms with Crippen molar-refractivity contribution in [1.82, 2.24) is 9.88 Å². The number of benzene rings is 1. The van der Waals surface area contributed by atoms with Crippen LogP contribution in [0.4, 0.5) is 0 Å². The first-order chi connectivity index (χ1) is 11.7. The van der Waals surface area contributed by atoms with Crippen LogP contribution in [0.25, 0.3) is 10.9 Å². The Hall–Kier alpha value is -1.62. The summed E-state index contributed by atoms with van der Waals surface area (Å²) >= 11 is 0. The van der Waals surface area contributed by atoms with E-state index in [9.17, 15) is 5.11 Å². The number of ether oxygens (including phenoxy) is 1. The van der Waals surface area contributed by atoms with Crippen LogP contribution < -0.4 is 0 Å². The maximum atomic E-state index is 10.6. The Bertz CT molecular complexity index is 824. The molecule has 5 rings (SSSR count). The van der Waals surface area contributed by atoms with Crippen molar-refractivity contribution < 1.29 is 9.84 Å². The van der Waals surface area contributed by atoms with E-state index < -0.39 is 6.29 Å². The summed E-state index contributed by atoms with van der Waals surface area (Å²) in [7, 11) is 2.21. The molecule has 2 fully saturated rings. The molecule has 5 atom stereocenters. The Morgan fingerprint density at radius 3 is 3.00 bits per heavy atom. The van der Waals surface area contributed by atoms with E-state index in [4.69, 9.17) is 4.74 Å². The summed E-state index contributed by atoms with van der Waals surface area (Å²) in [5.74, 6) is 0.581. The number of H-pyrrole nitrogens is 1. The highest BCUT2D eigenvalue weighted by Crippen LogP contribution is 2.51. The predicted molar refractivity (Wildman–Crippen MR) is 93.6 cm³/mol. The number of aromatic amines is 1. The molecule has 3 aliphatic rings. The second-order valence-corrected chi connectivity index (χ2v) is 7.50. The van der Waals surface area contributed by atoms with E-state index in [2.05, 4.69) is 54.2 Å². The van der Waals surface area contributed by atoms with Gasteiger partial charge in [0.2, 0.25) is 0 Å². The zero-order chi connectivity index (χ0) is 16.4. The number of aliphatic hydroxyl groups excluding tert-OH is 1. The van der Waals surface area contributed by atoms with E-state index in [1.165, 1.54) is 27.7 Å². The molecule has 5 unspecified atom stereocenters. The van der Waals surface area contributed by atoms with E-state index in [0.717, 1.165) is 12.8 Å². The van der Waals surface area contributed by atoms with Crippen LogP contribution >= 0.6 is 0 Å². The van der Waals surface area contributed by atoms with Gasteiger partial charge in [-0.05, 0) is 49.9 Å². The molecule has 0 radical (unpaired) electrons. The third-order valence-corrected chi connectivity index (χ3v) is 6.59. The number of likely N-dealkylation sites (N-methyl/N-ethyl adjacent to an activating group) is 1.